The standard InChI is InChI=1S/C16H27NO4/c1-11-5-4-6-12(2)16(13(3)10-17-20)21-15(19)9-14(18)8-7-11/h4,6,10-12,14,16-18,20H,5,7-9H2,1-3H3/b6-4+,13-10+/t11-,12?,14?,16+/m1/s1. The maximum Gasteiger partial charge on any atom is 0.309 e. The number of aliphatic hydroxyl groups excluding tert-OH is 1. The van der Waals surface area contributed by atoms with Crippen molar-refractivity contribution >= 4 is 5.97 Å². The van der Waals surface area contributed by atoms with E-state index in [2.05, 4.69) is 13.0 Å². The summed E-state index contributed by atoms with van der Waals surface area (Å²) >= 11 is 0. The molecule has 0 saturated carbocycles. The van der Waals surface area contributed by atoms with Gasteiger partial charge < -0.3 is 9.84 Å². The molecule has 0 bridgehead atoms. The van der Waals surface area contributed by atoms with Crippen molar-refractivity contribution in [2.75, 3.05) is 0 Å². The molecule has 3 N–H and O–H groups in total. The predicted molar refractivity (Wildman–Crippen MR) is 80.5 cm³/mol. The van der Waals surface area contributed by atoms with Crippen LogP contribution in [0.15, 0.2) is 23.9 Å². The Morgan fingerprint density at radius 1 is 1.43 bits per heavy atom. The fourth-order valence-corrected chi connectivity index (χ4v) is 2.50. The largest absolute Gasteiger partial charge is 0.457 e. The van der Waals surface area contributed by atoms with E-state index in [9.17, 15) is 9.90 Å². The van der Waals surface area contributed by atoms with Gasteiger partial charge in [-0.25, -0.2) is 0 Å². The molecule has 0 spiro atoms. The fourth-order valence-electron chi connectivity index (χ4n) is 2.50. The van der Waals surface area contributed by atoms with E-state index in [-0.39, 0.29) is 12.3 Å². The van der Waals surface area contributed by atoms with Crippen LogP contribution in [0.2, 0.25) is 0 Å². The molecule has 5 nitrogen and oxygen atoms in total. The molecule has 0 aliphatic carbocycles. The van der Waals surface area contributed by atoms with E-state index in [0.717, 1.165) is 18.4 Å². The van der Waals surface area contributed by atoms with Crippen molar-refractivity contribution in [3.8, 4) is 0 Å². The smallest absolute Gasteiger partial charge is 0.309 e. The van der Waals surface area contributed by atoms with Gasteiger partial charge in [-0.15, -0.1) is 0 Å². The number of carbonyl (C=O) groups is 1. The molecule has 1 aliphatic heterocycles. The average molecular weight is 297 g/mol. The lowest BCUT2D eigenvalue weighted by Gasteiger charge is -2.24. The van der Waals surface area contributed by atoms with Crippen LogP contribution >= 0.6 is 0 Å². The van der Waals surface area contributed by atoms with Crippen LogP contribution in [0.5, 0.6) is 0 Å². The van der Waals surface area contributed by atoms with Crippen LogP contribution in [-0.4, -0.2) is 28.5 Å². The Morgan fingerprint density at radius 2 is 2.14 bits per heavy atom. The number of hydrogen-bond acceptors (Lipinski definition) is 5. The fraction of sp³-hybridized carbons (Fsp3) is 0.688. The summed E-state index contributed by atoms with van der Waals surface area (Å²) < 4.78 is 5.48. The maximum atomic E-state index is 11.9. The number of aliphatic hydroxyl groups is 1. The summed E-state index contributed by atoms with van der Waals surface area (Å²) in [5.41, 5.74) is 2.70. The number of esters is 1. The van der Waals surface area contributed by atoms with E-state index < -0.39 is 18.2 Å². The van der Waals surface area contributed by atoms with E-state index in [1.165, 1.54) is 6.20 Å². The Labute approximate surface area is 126 Å². The quantitative estimate of drug-likeness (QED) is 0.415. The number of nitrogens with one attached hydrogen (secondary N) is 1. The summed E-state index contributed by atoms with van der Waals surface area (Å²) in [5.74, 6) is 0.0710. The molecule has 4 atom stereocenters. The zero-order chi connectivity index (χ0) is 15.8. The SMILES string of the molecule is C/C(=C\NO)[C@H]1OC(=O)CC(O)CC[C@H](C)C/C=C/C1C. The summed E-state index contributed by atoms with van der Waals surface area (Å²) in [6, 6.07) is 0. The number of ether oxygens (including phenoxy) is 1. The van der Waals surface area contributed by atoms with Crippen molar-refractivity contribution < 1.29 is 19.8 Å². The highest BCUT2D eigenvalue weighted by Gasteiger charge is 2.24. The van der Waals surface area contributed by atoms with Crippen LogP contribution in [-0.2, 0) is 9.53 Å². The summed E-state index contributed by atoms with van der Waals surface area (Å²) in [4.78, 5) is 11.9. The highest BCUT2D eigenvalue weighted by molar-refractivity contribution is 5.70. The average Bonchev–Trinajstić information content (AvgIpc) is 2.41. The number of hydroxylamine groups is 1. The third-order valence-corrected chi connectivity index (χ3v) is 3.85. The van der Waals surface area contributed by atoms with Crippen molar-refractivity contribution in [3.05, 3.63) is 23.9 Å². The minimum atomic E-state index is -0.653. The summed E-state index contributed by atoms with van der Waals surface area (Å²) in [7, 11) is 0. The molecule has 120 valence electrons. The van der Waals surface area contributed by atoms with Gasteiger partial charge in [-0.3, -0.25) is 15.5 Å². The summed E-state index contributed by atoms with van der Waals surface area (Å²) in [6.45, 7) is 5.90. The molecule has 0 aromatic rings. The lowest BCUT2D eigenvalue weighted by atomic mass is 9.94. The lowest BCUT2D eigenvalue weighted by molar-refractivity contribution is -0.151. The number of hydrogen-bond donors (Lipinski definition) is 3. The molecule has 0 aromatic heterocycles. The molecule has 5 heteroatoms. The van der Waals surface area contributed by atoms with Gasteiger partial charge >= 0.3 is 5.97 Å². The molecule has 1 rings (SSSR count). The second-order valence-electron chi connectivity index (χ2n) is 5.99. The van der Waals surface area contributed by atoms with Gasteiger partial charge in [0.15, 0.2) is 0 Å². The van der Waals surface area contributed by atoms with Crippen molar-refractivity contribution in [1.29, 1.82) is 0 Å². The molecule has 2 unspecified atom stereocenters. The highest BCUT2D eigenvalue weighted by Crippen LogP contribution is 2.22. The molecule has 1 aliphatic rings. The minimum Gasteiger partial charge on any atom is -0.457 e. The van der Waals surface area contributed by atoms with Crippen LogP contribution in [0.25, 0.3) is 0 Å². The first-order valence-electron chi connectivity index (χ1n) is 7.54. The Hall–Kier alpha value is -1.33. The van der Waals surface area contributed by atoms with Gasteiger partial charge in [-0.2, -0.15) is 0 Å². The van der Waals surface area contributed by atoms with Gasteiger partial charge in [0.2, 0.25) is 0 Å². The van der Waals surface area contributed by atoms with Gasteiger partial charge in [-0.1, -0.05) is 26.0 Å². The van der Waals surface area contributed by atoms with Gasteiger partial charge in [0.25, 0.3) is 0 Å². The van der Waals surface area contributed by atoms with Crippen LogP contribution < -0.4 is 5.48 Å². The Morgan fingerprint density at radius 3 is 2.81 bits per heavy atom. The zero-order valence-corrected chi connectivity index (χ0v) is 13.1. The molecule has 0 saturated heterocycles. The Balaban J connectivity index is 2.91. The highest BCUT2D eigenvalue weighted by atomic mass is 16.5. The molecule has 21 heavy (non-hydrogen) atoms. The Kier molecular flexibility index (Phi) is 7.47. The first kappa shape index (κ1) is 17.7. The first-order valence-corrected chi connectivity index (χ1v) is 7.54. The van der Waals surface area contributed by atoms with Crippen molar-refractivity contribution in [2.45, 2.75) is 58.7 Å². The van der Waals surface area contributed by atoms with E-state index in [1.54, 1.807) is 6.92 Å². The minimum absolute atomic E-state index is 0.00215. The Bertz CT molecular complexity index is 392. The third-order valence-electron chi connectivity index (χ3n) is 3.85. The molecule has 1 heterocycles. The van der Waals surface area contributed by atoms with E-state index in [4.69, 9.17) is 9.94 Å². The maximum absolute atomic E-state index is 11.9. The number of allylic oxidation sites excluding steroid dienone is 1. The molecule has 0 radical (unpaired) electrons. The molecule has 0 aromatic carbocycles. The lowest BCUT2D eigenvalue weighted by Crippen LogP contribution is -2.28. The van der Waals surface area contributed by atoms with Gasteiger partial charge in [-0.05, 0) is 37.7 Å². The number of cyclic esters (lactones) is 1. The predicted octanol–water partition coefficient (Wildman–Crippen LogP) is 2.54. The van der Waals surface area contributed by atoms with Crippen LogP contribution in [0.1, 0.15) is 46.5 Å². The van der Waals surface area contributed by atoms with E-state index in [0.29, 0.717) is 12.3 Å². The van der Waals surface area contributed by atoms with Gasteiger partial charge in [0, 0.05) is 12.1 Å². The van der Waals surface area contributed by atoms with Crippen molar-refractivity contribution in [1.82, 2.24) is 5.48 Å². The van der Waals surface area contributed by atoms with E-state index >= 15 is 0 Å². The molecule has 0 fully saturated rings. The first-order chi connectivity index (χ1) is 9.93. The third kappa shape index (κ3) is 6.31. The van der Waals surface area contributed by atoms with E-state index in [1.807, 2.05) is 18.5 Å². The molecule has 0 amide bonds. The second-order valence-corrected chi connectivity index (χ2v) is 5.99. The summed E-state index contributed by atoms with van der Waals surface area (Å²) in [5, 5.41) is 18.7. The molecular formula is C16H27NO4. The van der Waals surface area contributed by atoms with Crippen molar-refractivity contribution in [2.24, 2.45) is 11.8 Å². The van der Waals surface area contributed by atoms with Crippen LogP contribution in [0, 0.1) is 11.8 Å². The number of carbonyl (C=O) groups excluding carboxylic acids is 1. The van der Waals surface area contributed by atoms with Crippen molar-refractivity contribution in [3.63, 3.8) is 0 Å². The second kappa shape index (κ2) is 8.85. The monoisotopic (exact) mass is 297 g/mol. The van der Waals surface area contributed by atoms with Crippen LogP contribution in [0.4, 0.5) is 0 Å². The topological polar surface area (TPSA) is 78.8 Å². The normalized spacial score (nSPS) is 34.3. The number of rotatable bonds is 2. The van der Waals surface area contributed by atoms with Crippen LogP contribution in [0.3, 0.4) is 0 Å². The molecular weight excluding hydrogens is 270 g/mol. The van der Waals surface area contributed by atoms with Gasteiger partial charge in [0.1, 0.15) is 6.10 Å². The zero-order valence-electron chi connectivity index (χ0n) is 13.1. The summed E-state index contributed by atoms with van der Waals surface area (Å²) in [6.07, 6.45) is 6.91. The van der Waals surface area contributed by atoms with Gasteiger partial charge in [0.05, 0.1) is 12.5 Å².